The lowest BCUT2D eigenvalue weighted by atomic mass is 9.99. The molecular weight excluding hydrogens is 302 g/mol. The monoisotopic (exact) mass is 317 g/mol. The van der Waals surface area contributed by atoms with Crippen LogP contribution in [0, 0.1) is 11.3 Å². The lowest BCUT2D eigenvalue weighted by Crippen LogP contribution is -2.25. The number of carbonyl (C=O) groups is 1. The number of fused-ring (bicyclic) bond motifs is 1. The Morgan fingerprint density at radius 1 is 1.21 bits per heavy atom. The van der Waals surface area contributed by atoms with Gasteiger partial charge in [-0.05, 0) is 35.4 Å². The Morgan fingerprint density at radius 3 is 2.62 bits per heavy atom. The van der Waals surface area contributed by atoms with Gasteiger partial charge in [-0.3, -0.25) is 4.79 Å². The SMILES string of the molecule is CN(CC(=O)O)c1cc(-c2ccccc2)c2cc(C#N)ccc2n1. The lowest BCUT2D eigenvalue weighted by molar-refractivity contribution is -0.135. The minimum atomic E-state index is -0.916. The number of anilines is 1. The summed E-state index contributed by atoms with van der Waals surface area (Å²) in [5.41, 5.74) is 3.20. The molecule has 0 aliphatic rings. The summed E-state index contributed by atoms with van der Waals surface area (Å²) in [6.07, 6.45) is 0. The van der Waals surface area contributed by atoms with Crippen molar-refractivity contribution < 1.29 is 9.90 Å². The number of carboxylic acids is 1. The van der Waals surface area contributed by atoms with Gasteiger partial charge in [0.25, 0.3) is 0 Å². The third kappa shape index (κ3) is 3.03. The van der Waals surface area contributed by atoms with Crippen LogP contribution >= 0.6 is 0 Å². The number of nitrogens with zero attached hydrogens (tertiary/aromatic N) is 3. The second kappa shape index (κ2) is 6.39. The molecule has 5 nitrogen and oxygen atoms in total. The molecule has 2 aromatic carbocycles. The highest BCUT2D eigenvalue weighted by molar-refractivity contribution is 5.97. The normalized spacial score (nSPS) is 10.3. The maximum absolute atomic E-state index is 11.0. The number of hydrogen-bond acceptors (Lipinski definition) is 4. The first-order valence-corrected chi connectivity index (χ1v) is 7.42. The van der Waals surface area contributed by atoms with Gasteiger partial charge in [-0.2, -0.15) is 5.26 Å². The van der Waals surface area contributed by atoms with Crippen LogP contribution in [0.1, 0.15) is 5.56 Å². The number of rotatable bonds is 4. The largest absolute Gasteiger partial charge is 0.480 e. The highest BCUT2D eigenvalue weighted by Gasteiger charge is 2.13. The summed E-state index contributed by atoms with van der Waals surface area (Å²) in [6.45, 7) is -0.136. The molecule has 0 aliphatic heterocycles. The predicted molar refractivity (Wildman–Crippen MR) is 92.8 cm³/mol. The molecule has 0 amide bonds. The zero-order chi connectivity index (χ0) is 17.1. The molecule has 0 atom stereocenters. The smallest absolute Gasteiger partial charge is 0.323 e. The van der Waals surface area contributed by atoms with Gasteiger partial charge in [-0.1, -0.05) is 30.3 Å². The quantitative estimate of drug-likeness (QED) is 0.799. The maximum Gasteiger partial charge on any atom is 0.323 e. The van der Waals surface area contributed by atoms with E-state index in [1.165, 1.54) is 0 Å². The Bertz CT molecular complexity index is 946. The summed E-state index contributed by atoms with van der Waals surface area (Å²) in [5.74, 6) is -0.339. The number of nitriles is 1. The van der Waals surface area contributed by atoms with E-state index in [1.54, 1.807) is 24.1 Å². The van der Waals surface area contributed by atoms with Crippen molar-refractivity contribution >= 4 is 22.7 Å². The van der Waals surface area contributed by atoms with Gasteiger partial charge in [-0.15, -0.1) is 0 Å². The van der Waals surface area contributed by atoms with Crippen molar-refractivity contribution in [1.82, 2.24) is 4.98 Å². The van der Waals surface area contributed by atoms with Gasteiger partial charge >= 0.3 is 5.97 Å². The van der Waals surface area contributed by atoms with Crippen molar-refractivity contribution in [2.45, 2.75) is 0 Å². The molecule has 1 N–H and O–H groups in total. The van der Waals surface area contributed by atoms with Crippen LogP contribution < -0.4 is 4.90 Å². The van der Waals surface area contributed by atoms with E-state index in [0.29, 0.717) is 11.4 Å². The van der Waals surface area contributed by atoms with Crippen LogP contribution in [0.5, 0.6) is 0 Å². The van der Waals surface area contributed by atoms with E-state index >= 15 is 0 Å². The molecule has 0 fully saturated rings. The fraction of sp³-hybridized carbons (Fsp3) is 0.105. The van der Waals surface area contributed by atoms with Gasteiger partial charge in [0.1, 0.15) is 12.4 Å². The van der Waals surface area contributed by atoms with E-state index in [1.807, 2.05) is 42.5 Å². The van der Waals surface area contributed by atoms with Gasteiger partial charge in [0.05, 0.1) is 17.1 Å². The van der Waals surface area contributed by atoms with Crippen LogP contribution in [-0.2, 0) is 4.79 Å². The number of pyridine rings is 1. The van der Waals surface area contributed by atoms with Gasteiger partial charge in [-0.25, -0.2) is 4.98 Å². The summed E-state index contributed by atoms with van der Waals surface area (Å²) >= 11 is 0. The second-order valence-electron chi connectivity index (χ2n) is 5.49. The van der Waals surface area contributed by atoms with Crippen molar-refractivity contribution in [2.75, 3.05) is 18.5 Å². The van der Waals surface area contributed by atoms with Crippen molar-refractivity contribution in [3.8, 4) is 17.2 Å². The second-order valence-corrected chi connectivity index (χ2v) is 5.49. The Hall–Kier alpha value is -3.39. The minimum absolute atomic E-state index is 0.136. The van der Waals surface area contributed by atoms with E-state index in [4.69, 9.17) is 10.4 Å². The first kappa shape index (κ1) is 15.5. The van der Waals surface area contributed by atoms with Crippen LogP contribution in [0.3, 0.4) is 0 Å². The van der Waals surface area contributed by atoms with Gasteiger partial charge < -0.3 is 10.0 Å². The summed E-state index contributed by atoms with van der Waals surface area (Å²) in [7, 11) is 1.70. The summed E-state index contributed by atoms with van der Waals surface area (Å²) in [4.78, 5) is 17.1. The molecular formula is C19H15N3O2. The van der Waals surface area contributed by atoms with Crippen molar-refractivity contribution in [2.24, 2.45) is 0 Å². The van der Waals surface area contributed by atoms with Crippen LogP contribution in [-0.4, -0.2) is 29.7 Å². The third-order valence-corrected chi connectivity index (χ3v) is 3.77. The molecule has 3 aromatic rings. The Kier molecular flexibility index (Phi) is 4.13. The average molecular weight is 317 g/mol. The van der Waals surface area contributed by atoms with Crippen LogP contribution in [0.2, 0.25) is 0 Å². The zero-order valence-electron chi connectivity index (χ0n) is 13.1. The van der Waals surface area contributed by atoms with Gasteiger partial charge in [0, 0.05) is 12.4 Å². The molecule has 0 saturated carbocycles. The van der Waals surface area contributed by atoms with E-state index in [9.17, 15) is 4.79 Å². The molecule has 0 aliphatic carbocycles. The van der Waals surface area contributed by atoms with Crippen molar-refractivity contribution in [3.63, 3.8) is 0 Å². The van der Waals surface area contributed by atoms with Gasteiger partial charge in [0.2, 0.25) is 0 Å². The highest BCUT2D eigenvalue weighted by atomic mass is 16.4. The lowest BCUT2D eigenvalue weighted by Gasteiger charge is -2.18. The number of hydrogen-bond donors (Lipinski definition) is 1. The van der Waals surface area contributed by atoms with Gasteiger partial charge in [0.15, 0.2) is 0 Å². The number of benzene rings is 2. The van der Waals surface area contributed by atoms with E-state index in [2.05, 4.69) is 11.1 Å². The zero-order valence-corrected chi connectivity index (χ0v) is 13.1. The maximum atomic E-state index is 11.0. The fourth-order valence-corrected chi connectivity index (χ4v) is 2.62. The Morgan fingerprint density at radius 2 is 1.96 bits per heavy atom. The molecule has 118 valence electrons. The van der Waals surface area contributed by atoms with Crippen molar-refractivity contribution in [1.29, 1.82) is 5.26 Å². The molecule has 0 unspecified atom stereocenters. The van der Waals surface area contributed by atoms with Crippen molar-refractivity contribution in [3.05, 3.63) is 60.2 Å². The minimum Gasteiger partial charge on any atom is -0.480 e. The number of carboxylic acid groups (broad SMARTS) is 1. The molecule has 0 bridgehead atoms. The Balaban J connectivity index is 2.24. The standard InChI is InChI=1S/C19H15N3O2/c1-22(12-19(23)24)18-10-15(14-5-3-2-4-6-14)16-9-13(11-20)7-8-17(16)21-18/h2-10H,12H2,1H3,(H,23,24). The van der Waals surface area contributed by atoms with E-state index in [0.717, 1.165) is 22.0 Å². The number of aromatic nitrogens is 1. The summed E-state index contributed by atoms with van der Waals surface area (Å²) in [6, 6.07) is 19.1. The van der Waals surface area contributed by atoms with Crippen LogP contribution in [0.25, 0.3) is 22.0 Å². The summed E-state index contributed by atoms with van der Waals surface area (Å²) < 4.78 is 0. The first-order valence-electron chi connectivity index (χ1n) is 7.42. The third-order valence-electron chi connectivity index (χ3n) is 3.77. The molecule has 1 aromatic heterocycles. The van der Waals surface area contributed by atoms with Crippen LogP contribution in [0.15, 0.2) is 54.6 Å². The first-order chi connectivity index (χ1) is 11.6. The van der Waals surface area contributed by atoms with Crippen LogP contribution in [0.4, 0.5) is 5.82 Å². The average Bonchev–Trinajstić information content (AvgIpc) is 2.60. The Labute approximate surface area is 139 Å². The summed E-state index contributed by atoms with van der Waals surface area (Å²) in [5, 5.41) is 19.0. The number of likely N-dealkylation sites (N-methyl/N-ethyl adjacent to an activating group) is 1. The molecule has 0 radical (unpaired) electrons. The fourth-order valence-electron chi connectivity index (χ4n) is 2.62. The topological polar surface area (TPSA) is 77.2 Å². The van der Waals surface area contributed by atoms with E-state index < -0.39 is 5.97 Å². The molecule has 1 heterocycles. The van der Waals surface area contributed by atoms with E-state index in [-0.39, 0.29) is 6.54 Å². The highest BCUT2D eigenvalue weighted by Crippen LogP contribution is 2.31. The predicted octanol–water partition coefficient (Wildman–Crippen LogP) is 3.29. The molecule has 5 heteroatoms. The molecule has 0 spiro atoms. The molecule has 24 heavy (non-hydrogen) atoms. The number of aliphatic carboxylic acids is 1. The molecule has 3 rings (SSSR count). The molecule has 0 saturated heterocycles.